The largest absolute Gasteiger partial charge is 0.496 e. The lowest BCUT2D eigenvalue weighted by Crippen LogP contribution is -2.08. The molecule has 3 nitrogen and oxygen atoms in total. The maximum Gasteiger partial charge on any atom is 0.124 e. The first kappa shape index (κ1) is 13.9. The minimum absolute atomic E-state index is 0.172. The van der Waals surface area contributed by atoms with Crippen LogP contribution in [0.2, 0.25) is 0 Å². The molecule has 0 saturated carbocycles. The summed E-state index contributed by atoms with van der Waals surface area (Å²) in [5.74, 6) is 0.916. The molecule has 0 amide bonds. The Morgan fingerprint density at radius 2 is 2.05 bits per heavy atom. The first-order valence-electron chi connectivity index (χ1n) is 6.91. The van der Waals surface area contributed by atoms with Gasteiger partial charge in [0.25, 0.3) is 0 Å². The Bertz CT molecular complexity index is 766. The third kappa shape index (κ3) is 2.85. The summed E-state index contributed by atoms with van der Waals surface area (Å²) >= 11 is 1.66. The van der Waals surface area contributed by atoms with Crippen molar-refractivity contribution in [1.82, 2.24) is 4.98 Å². The van der Waals surface area contributed by atoms with Crippen LogP contribution >= 0.6 is 11.3 Å². The third-order valence-electron chi connectivity index (χ3n) is 3.57. The van der Waals surface area contributed by atoms with Crippen molar-refractivity contribution in [3.63, 3.8) is 0 Å². The lowest BCUT2D eigenvalue weighted by Gasteiger charge is -2.19. The zero-order valence-electron chi connectivity index (χ0n) is 12.4. The lowest BCUT2D eigenvalue weighted by molar-refractivity contribution is 0.408. The van der Waals surface area contributed by atoms with Gasteiger partial charge in [0.2, 0.25) is 0 Å². The van der Waals surface area contributed by atoms with Crippen LogP contribution in [0.25, 0.3) is 10.2 Å². The molecule has 0 spiro atoms. The number of aryl methyl sites for hydroxylation is 1. The summed E-state index contributed by atoms with van der Waals surface area (Å²) in [5, 5.41) is 3.54. The van der Waals surface area contributed by atoms with Gasteiger partial charge in [0.05, 0.1) is 28.9 Å². The molecule has 1 unspecified atom stereocenters. The lowest BCUT2D eigenvalue weighted by atomic mass is 10.0. The quantitative estimate of drug-likeness (QED) is 0.752. The molecule has 0 aliphatic carbocycles. The molecule has 3 aromatic rings. The van der Waals surface area contributed by atoms with Gasteiger partial charge >= 0.3 is 0 Å². The molecule has 0 aliphatic heterocycles. The summed E-state index contributed by atoms with van der Waals surface area (Å²) < 4.78 is 6.67. The number of aromatic nitrogens is 1. The number of fused-ring (bicyclic) bond motifs is 1. The summed E-state index contributed by atoms with van der Waals surface area (Å²) in [7, 11) is 1.71. The monoisotopic (exact) mass is 298 g/mol. The van der Waals surface area contributed by atoms with E-state index in [2.05, 4.69) is 48.4 Å². The topological polar surface area (TPSA) is 34.1 Å². The highest BCUT2D eigenvalue weighted by Crippen LogP contribution is 2.30. The molecule has 1 N–H and O–H groups in total. The number of hydrogen-bond acceptors (Lipinski definition) is 4. The normalized spacial score (nSPS) is 12.3. The second kappa shape index (κ2) is 5.74. The van der Waals surface area contributed by atoms with E-state index < -0.39 is 0 Å². The summed E-state index contributed by atoms with van der Waals surface area (Å²) in [5.41, 5.74) is 6.43. The van der Waals surface area contributed by atoms with E-state index >= 15 is 0 Å². The third-order valence-corrected chi connectivity index (χ3v) is 4.36. The Labute approximate surface area is 128 Å². The molecule has 0 saturated heterocycles. The molecule has 21 heavy (non-hydrogen) atoms. The molecular weight excluding hydrogens is 280 g/mol. The first-order chi connectivity index (χ1) is 10.2. The molecule has 0 aliphatic rings. The van der Waals surface area contributed by atoms with Gasteiger partial charge in [-0.15, -0.1) is 11.3 Å². The Hall–Kier alpha value is -2.07. The molecule has 2 aromatic carbocycles. The zero-order chi connectivity index (χ0) is 14.8. The molecule has 0 radical (unpaired) electrons. The van der Waals surface area contributed by atoms with E-state index in [9.17, 15) is 0 Å². The number of methoxy groups -OCH3 is 1. The second-order valence-corrected chi connectivity index (χ2v) is 6.03. The van der Waals surface area contributed by atoms with Crippen LogP contribution in [0.3, 0.4) is 0 Å². The molecule has 3 rings (SSSR count). The van der Waals surface area contributed by atoms with Crippen LogP contribution < -0.4 is 10.1 Å². The Morgan fingerprint density at radius 1 is 1.19 bits per heavy atom. The number of anilines is 1. The average molecular weight is 298 g/mol. The highest BCUT2D eigenvalue weighted by molar-refractivity contribution is 7.16. The fraction of sp³-hybridized carbons (Fsp3) is 0.235. The smallest absolute Gasteiger partial charge is 0.124 e. The van der Waals surface area contributed by atoms with Crippen molar-refractivity contribution in [3.8, 4) is 5.75 Å². The number of ether oxygens (including phenoxy) is 1. The molecule has 0 bridgehead atoms. The molecule has 0 fully saturated rings. The van der Waals surface area contributed by atoms with E-state index in [-0.39, 0.29) is 6.04 Å². The summed E-state index contributed by atoms with van der Waals surface area (Å²) in [6.45, 7) is 4.24. The fourth-order valence-corrected chi connectivity index (χ4v) is 3.18. The molecule has 4 heteroatoms. The predicted octanol–water partition coefficient (Wildman–Crippen LogP) is 4.79. The van der Waals surface area contributed by atoms with Crippen molar-refractivity contribution < 1.29 is 4.74 Å². The number of nitrogens with zero attached hydrogens (tertiary/aromatic N) is 1. The van der Waals surface area contributed by atoms with Crippen molar-refractivity contribution in [2.45, 2.75) is 19.9 Å². The van der Waals surface area contributed by atoms with Crippen molar-refractivity contribution in [1.29, 1.82) is 0 Å². The Balaban J connectivity index is 1.88. The molecule has 1 heterocycles. The van der Waals surface area contributed by atoms with Crippen LogP contribution in [0.1, 0.15) is 24.1 Å². The summed E-state index contributed by atoms with van der Waals surface area (Å²) in [4.78, 5) is 4.31. The van der Waals surface area contributed by atoms with Crippen molar-refractivity contribution >= 4 is 27.2 Å². The van der Waals surface area contributed by atoms with Gasteiger partial charge < -0.3 is 10.1 Å². The van der Waals surface area contributed by atoms with E-state index in [1.165, 1.54) is 15.8 Å². The van der Waals surface area contributed by atoms with Gasteiger partial charge in [0.1, 0.15) is 5.75 Å². The van der Waals surface area contributed by atoms with Crippen LogP contribution in [0.4, 0.5) is 5.69 Å². The minimum Gasteiger partial charge on any atom is -0.496 e. The summed E-state index contributed by atoms with van der Waals surface area (Å²) in [6.07, 6.45) is 0. The zero-order valence-corrected chi connectivity index (χ0v) is 13.2. The van der Waals surface area contributed by atoms with Crippen molar-refractivity contribution in [2.75, 3.05) is 12.4 Å². The van der Waals surface area contributed by atoms with Gasteiger partial charge in [0, 0.05) is 11.3 Å². The van der Waals surface area contributed by atoms with E-state index in [1.807, 2.05) is 17.6 Å². The van der Waals surface area contributed by atoms with E-state index in [0.29, 0.717) is 0 Å². The second-order valence-electron chi connectivity index (χ2n) is 5.15. The Kier molecular flexibility index (Phi) is 3.80. The highest BCUT2D eigenvalue weighted by atomic mass is 32.1. The van der Waals surface area contributed by atoms with Gasteiger partial charge in [-0.1, -0.05) is 17.7 Å². The minimum atomic E-state index is 0.172. The average Bonchev–Trinajstić information content (AvgIpc) is 2.94. The van der Waals surface area contributed by atoms with E-state index in [4.69, 9.17) is 4.74 Å². The first-order valence-corrected chi connectivity index (χ1v) is 7.79. The highest BCUT2D eigenvalue weighted by Gasteiger charge is 2.12. The van der Waals surface area contributed by atoms with E-state index in [1.54, 1.807) is 18.4 Å². The van der Waals surface area contributed by atoms with Crippen LogP contribution in [0.15, 0.2) is 41.9 Å². The van der Waals surface area contributed by atoms with Crippen molar-refractivity contribution in [3.05, 3.63) is 53.0 Å². The van der Waals surface area contributed by atoms with Crippen molar-refractivity contribution in [2.24, 2.45) is 0 Å². The van der Waals surface area contributed by atoms with Crippen LogP contribution in [0, 0.1) is 6.92 Å². The number of nitrogens with one attached hydrogen (secondary N) is 1. The molecule has 1 aromatic heterocycles. The molecular formula is C17H18N2OS. The maximum absolute atomic E-state index is 5.47. The van der Waals surface area contributed by atoms with Gasteiger partial charge in [-0.3, -0.25) is 0 Å². The molecule has 1 atom stereocenters. The Morgan fingerprint density at radius 3 is 2.86 bits per heavy atom. The molecule has 108 valence electrons. The van der Waals surface area contributed by atoms with Gasteiger partial charge in [0.15, 0.2) is 0 Å². The van der Waals surface area contributed by atoms with Crippen LogP contribution in [-0.2, 0) is 0 Å². The predicted molar refractivity (Wildman–Crippen MR) is 89.4 cm³/mol. The van der Waals surface area contributed by atoms with Gasteiger partial charge in [-0.25, -0.2) is 4.98 Å². The number of thiazole rings is 1. The van der Waals surface area contributed by atoms with Crippen LogP contribution in [-0.4, -0.2) is 12.1 Å². The van der Waals surface area contributed by atoms with Gasteiger partial charge in [-0.2, -0.15) is 0 Å². The van der Waals surface area contributed by atoms with Crippen LogP contribution in [0.5, 0.6) is 5.75 Å². The fourth-order valence-electron chi connectivity index (χ4n) is 2.46. The standard InChI is InChI=1S/C17H18N2OS/c1-11-4-7-16(20-3)14(8-11)12(2)19-13-5-6-15-17(9-13)21-10-18-15/h4-10,12,19H,1-3H3. The van der Waals surface area contributed by atoms with Gasteiger partial charge in [-0.05, 0) is 38.1 Å². The number of rotatable bonds is 4. The number of hydrogen-bond donors (Lipinski definition) is 1. The van der Waals surface area contributed by atoms with E-state index in [0.717, 1.165) is 17.0 Å². The maximum atomic E-state index is 5.47. The SMILES string of the molecule is COc1ccc(C)cc1C(C)Nc1ccc2ncsc2c1. The number of benzene rings is 2. The summed E-state index contributed by atoms with van der Waals surface area (Å²) in [6, 6.07) is 12.7.